The van der Waals surface area contributed by atoms with E-state index in [9.17, 15) is 14.4 Å². The molecule has 0 bridgehead atoms. The molecule has 0 radical (unpaired) electrons. The number of esters is 1. The quantitative estimate of drug-likeness (QED) is 0.579. The SMILES string of the molecule is CC(C)(C)OC(=O)[C@@H]1CCCC(=O)N1C(=O)OCC[Si](C)(C)C. The van der Waals surface area contributed by atoms with Crippen LogP contribution in [-0.2, 0) is 19.1 Å². The van der Waals surface area contributed by atoms with Crippen molar-refractivity contribution in [1.82, 2.24) is 4.90 Å². The van der Waals surface area contributed by atoms with Gasteiger partial charge in [-0.1, -0.05) is 19.6 Å². The molecule has 1 saturated heterocycles. The number of carbonyl (C=O) groups excluding carboxylic acids is 3. The lowest BCUT2D eigenvalue weighted by Crippen LogP contribution is -2.53. The zero-order chi connectivity index (χ0) is 17.8. The molecule has 0 aromatic heterocycles. The standard InChI is InChI=1S/C16H29NO5Si/c1-16(2,3)22-14(19)12-8-7-9-13(18)17(12)15(20)21-10-11-23(4,5)6/h12H,7-11H2,1-6H3/t12-/m0/s1. The van der Waals surface area contributed by atoms with Crippen molar-refractivity contribution in [3.05, 3.63) is 0 Å². The third kappa shape index (κ3) is 6.72. The van der Waals surface area contributed by atoms with Gasteiger partial charge in [-0.05, 0) is 39.7 Å². The Bertz CT molecular complexity index is 464. The van der Waals surface area contributed by atoms with Crippen LogP contribution in [0.15, 0.2) is 0 Å². The van der Waals surface area contributed by atoms with E-state index in [0.717, 1.165) is 10.9 Å². The summed E-state index contributed by atoms with van der Waals surface area (Å²) in [6.07, 6.45) is 0.511. The van der Waals surface area contributed by atoms with Crippen LogP contribution in [0.5, 0.6) is 0 Å². The van der Waals surface area contributed by atoms with Gasteiger partial charge in [0.05, 0.1) is 6.61 Å². The molecule has 0 saturated carbocycles. The van der Waals surface area contributed by atoms with E-state index in [1.165, 1.54) is 0 Å². The monoisotopic (exact) mass is 343 g/mol. The Balaban J connectivity index is 2.75. The summed E-state index contributed by atoms with van der Waals surface area (Å²) in [4.78, 5) is 37.6. The maximum Gasteiger partial charge on any atom is 0.417 e. The van der Waals surface area contributed by atoms with Crippen LogP contribution in [0.25, 0.3) is 0 Å². The third-order valence-electron chi connectivity index (χ3n) is 3.40. The summed E-state index contributed by atoms with van der Waals surface area (Å²) < 4.78 is 10.6. The van der Waals surface area contributed by atoms with Crippen LogP contribution >= 0.6 is 0 Å². The van der Waals surface area contributed by atoms with Crippen molar-refractivity contribution < 1.29 is 23.9 Å². The fourth-order valence-corrected chi connectivity index (χ4v) is 2.92. The lowest BCUT2D eigenvalue weighted by Gasteiger charge is -2.33. The molecule has 23 heavy (non-hydrogen) atoms. The first-order valence-corrected chi connectivity index (χ1v) is 11.8. The Kier molecular flexibility index (Phi) is 6.38. The number of rotatable bonds is 4. The van der Waals surface area contributed by atoms with Crippen molar-refractivity contribution >= 4 is 26.0 Å². The number of imide groups is 1. The maximum atomic E-state index is 12.3. The van der Waals surface area contributed by atoms with Crippen LogP contribution in [0, 0.1) is 0 Å². The number of carbonyl (C=O) groups is 3. The zero-order valence-electron chi connectivity index (χ0n) is 15.1. The predicted octanol–water partition coefficient (Wildman–Crippen LogP) is 3.18. The molecular formula is C16H29NO5Si. The molecule has 1 atom stereocenters. The van der Waals surface area contributed by atoms with Crippen LogP contribution in [0.2, 0.25) is 25.7 Å². The van der Waals surface area contributed by atoms with Crippen LogP contribution in [-0.4, -0.2) is 49.2 Å². The number of hydrogen-bond donors (Lipinski definition) is 0. The van der Waals surface area contributed by atoms with Crippen molar-refractivity contribution in [2.75, 3.05) is 6.61 Å². The van der Waals surface area contributed by atoms with Gasteiger partial charge in [-0.15, -0.1) is 0 Å². The molecule has 1 heterocycles. The van der Waals surface area contributed by atoms with Gasteiger partial charge in [-0.25, -0.2) is 14.5 Å². The van der Waals surface area contributed by atoms with Gasteiger partial charge < -0.3 is 9.47 Å². The second-order valence-electron chi connectivity index (χ2n) is 8.13. The normalized spacial score (nSPS) is 19.5. The van der Waals surface area contributed by atoms with E-state index in [-0.39, 0.29) is 18.9 Å². The van der Waals surface area contributed by atoms with E-state index < -0.39 is 31.8 Å². The summed E-state index contributed by atoms with van der Waals surface area (Å²) in [5.74, 6) is -0.919. The Morgan fingerprint density at radius 2 is 1.87 bits per heavy atom. The number of likely N-dealkylation sites (tertiary alicyclic amines) is 1. The topological polar surface area (TPSA) is 72.9 Å². The molecule has 0 unspecified atom stereocenters. The molecule has 1 rings (SSSR count). The highest BCUT2D eigenvalue weighted by Crippen LogP contribution is 2.23. The largest absolute Gasteiger partial charge is 0.458 e. The first-order valence-electron chi connectivity index (χ1n) is 8.12. The second-order valence-corrected chi connectivity index (χ2v) is 13.8. The smallest absolute Gasteiger partial charge is 0.417 e. The number of piperidine rings is 1. The van der Waals surface area contributed by atoms with Gasteiger partial charge in [0.2, 0.25) is 5.91 Å². The van der Waals surface area contributed by atoms with Crippen molar-refractivity contribution in [3.8, 4) is 0 Å². The van der Waals surface area contributed by atoms with E-state index in [2.05, 4.69) is 19.6 Å². The molecule has 132 valence electrons. The Morgan fingerprint density at radius 3 is 2.39 bits per heavy atom. The average molecular weight is 343 g/mol. The molecule has 1 aliphatic rings. The number of hydrogen-bond acceptors (Lipinski definition) is 5. The zero-order valence-corrected chi connectivity index (χ0v) is 16.1. The summed E-state index contributed by atoms with van der Waals surface area (Å²) in [6.45, 7) is 12.1. The molecule has 1 fully saturated rings. The number of ether oxygens (including phenoxy) is 2. The van der Waals surface area contributed by atoms with Crippen molar-refractivity contribution in [2.24, 2.45) is 0 Å². The minimum absolute atomic E-state index is 0.252. The van der Waals surface area contributed by atoms with Crippen molar-refractivity contribution in [2.45, 2.75) is 77.4 Å². The van der Waals surface area contributed by atoms with E-state index in [4.69, 9.17) is 9.47 Å². The lowest BCUT2D eigenvalue weighted by atomic mass is 10.0. The Labute approximate surface area is 139 Å². The highest BCUT2D eigenvalue weighted by atomic mass is 28.3. The van der Waals surface area contributed by atoms with Gasteiger partial charge in [-0.2, -0.15) is 0 Å². The van der Waals surface area contributed by atoms with Gasteiger partial charge in [0, 0.05) is 14.5 Å². The van der Waals surface area contributed by atoms with Gasteiger partial charge in [-0.3, -0.25) is 4.79 Å². The van der Waals surface area contributed by atoms with Crippen LogP contribution in [0.3, 0.4) is 0 Å². The first kappa shape index (κ1) is 19.7. The molecule has 2 amide bonds. The fraction of sp³-hybridized carbons (Fsp3) is 0.812. The van der Waals surface area contributed by atoms with E-state index >= 15 is 0 Å². The fourth-order valence-electron chi connectivity index (χ4n) is 2.21. The minimum atomic E-state index is -1.33. The summed E-state index contributed by atoms with van der Waals surface area (Å²) >= 11 is 0. The molecule has 0 aromatic rings. The molecule has 7 heteroatoms. The highest BCUT2D eigenvalue weighted by Gasteiger charge is 2.40. The van der Waals surface area contributed by atoms with E-state index in [1.807, 2.05) is 0 Å². The molecule has 1 aliphatic heterocycles. The predicted molar refractivity (Wildman–Crippen MR) is 89.8 cm³/mol. The number of nitrogens with zero attached hydrogens (tertiary/aromatic N) is 1. The molecular weight excluding hydrogens is 314 g/mol. The third-order valence-corrected chi connectivity index (χ3v) is 5.11. The number of amides is 2. The van der Waals surface area contributed by atoms with Gasteiger partial charge in [0.1, 0.15) is 11.6 Å². The average Bonchev–Trinajstić information content (AvgIpc) is 2.34. The van der Waals surface area contributed by atoms with Gasteiger partial charge >= 0.3 is 12.1 Å². The summed E-state index contributed by atoms with van der Waals surface area (Å²) in [7, 11) is -1.33. The summed E-state index contributed by atoms with van der Waals surface area (Å²) in [5.41, 5.74) is -0.662. The van der Waals surface area contributed by atoms with Crippen LogP contribution in [0.4, 0.5) is 4.79 Å². The molecule has 0 aromatic carbocycles. The van der Waals surface area contributed by atoms with Crippen molar-refractivity contribution in [3.63, 3.8) is 0 Å². The minimum Gasteiger partial charge on any atom is -0.458 e. The maximum absolute atomic E-state index is 12.3. The molecule has 0 aliphatic carbocycles. The molecule has 0 spiro atoms. The Hall–Kier alpha value is -1.37. The molecule has 0 N–H and O–H groups in total. The van der Waals surface area contributed by atoms with E-state index in [0.29, 0.717) is 12.8 Å². The lowest BCUT2D eigenvalue weighted by molar-refractivity contribution is -0.165. The summed E-state index contributed by atoms with van der Waals surface area (Å²) in [6, 6.07) is -0.0624. The van der Waals surface area contributed by atoms with Crippen LogP contribution < -0.4 is 0 Å². The first-order chi connectivity index (χ1) is 10.4. The van der Waals surface area contributed by atoms with Crippen LogP contribution in [0.1, 0.15) is 40.0 Å². The second kappa shape index (κ2) is 7.46. The van der Waals surface area contributed by atoms with Gasteiger partial charge in [0.25, 0.3) is 0 Å². The van der Waals surface area contributed by atoms with Crippen molar-refractivity contribution in [1.29, 1.82) is 0 Å². The summed E-state index contributed by atoms with van der Waals surface area (Å²) in [5, 5.41) is 0. The molecule has 6 nitrogen and oxygen atoms in total. The Morgan fingerprint density at radius 1 is 1.26 bits per heavy atom. The van der Waals surface area contributed by atoms with E-state index in [1.54, 1.807) is 20.8 Å². The van der Waals surface area contributed by atoms with Gasteiger partial charge in [0.15, 0.2) is 0 Å². The highest BCUT2D eigenvalue weighted by molar-refractivity contribution is 6.76.